The van der Waals surface area contributed by atoms with Crippen LogP contribution >= 0.6 is 11.8 Å². The minimum absolute atomic E-state index is 0.0313. The molecule has 0 aromatic rings. The first-order valence-electron chi connectivity index (χ1n) is 4.57. The Labute approximate surface area is 100 Å². The van der Waals surface area contributed by atoms with E-state index in [1.54, 1.807) is 18.4 Å². The van der Waals surface area contributed by atoms with Gasteiger partial charge in [-0.1, -0.05) is 12.2 Å². The van der Waals surface area contributed by atoms with Crippen LogP contribution in [0.15, 0.2) is 35.9 Å². The van der Waals surface area contributed by atoms with Crippen molar-refractivity contribution in [1.29, 1.82) is 5.26 Å². The average molecular weight is 237 g/mol. The summed E-state index contributed by atoms with van der Waals surface area (Å²) in [7, 11) is 0. The summed E-state index contributed by atoms with van der Waals surface area (Å²) in [5.41, 5.74) is 5.11. The lowest BCUT2D eigenvalue weighted by molar-refractivity contribution is -0.114. The molecule has 0 saturated carbocycles. The van der Waals surface area contributed by atoms with Crippen LogP contribution in [0, 0.1) is 11.3 Å². The summed E-state index contributed by atoms with van der Waals surface area (Å²) in [5, 5.41) is 9.43. The summed E-state index contributed by atoms with van der Waals surface area (Å²) < 4.78 is 0. The van der Waals surface area contributed by atoms with E-state index in [0.29, 0.717) is 18.1 Å². The Hall–Kier alpha value is -1.67. The van der Waals surface area contributed by atoms with Crippen molar-refractivity contribution in [3.63, 3.8) is 0 Å². The van der Waals surface area contributed by atoms with Crippen LogP contribution in [0.5, 0.6) is 0 Å². The fourth-order valence-electron chi connectivity index (χ4n) is 1.15. The Kier molecular flexibility index (Phi) is 6.81. The first-order valence-corrected chi connectivity index (χ1v) is 5.79. The van der Waals surface area contributed by atoms with Crippen LogP contribution in [0.4, 0.5) is 0 Å². The molecule has 16 heavy (non-hydrogen) atoms. The van der Waals surface area contributed by atoms with Gasteiger partial charge in [-0.25, -0.2) is 0 Å². The molecule has 2 N–H and O–H groups in total. The quantitative estimate of drug-likeness (QED) is 0.411. The van der Waals surface area contributed by atoms with Gasteiger partial charge in [-0.3, -0.25) is 4.79 Å². The summed E-state index contributed by atoms with van der Waals surface area (Å²) in [6.07, 6.45) is 5.17. The van der Waals surface area contributed by atoms with Crippen molar-refractivity contribution >= 4 is 17.7 Å². The van der Waals surface area contributed by atoms with Crippen LogP contribution in [0.1, 0.15) is 0 Å². The zero-order valence-electron chi connectivity index (χ0n) is 9.27. The number of hydrogen-bond acceptors (Lipinski definition) is 4. The average Bonchev–Trinajstić information content (AvgIpc) is 2.25. The first kappa shape index (κ1) is 14.3. The van der Waals surface area contributed by atoms with Gasteiger partial charge in [-0.05, 0) is 6.26 Å². The number of nitrogens with two attached hydrogens (primary N) is 1. The Morgan fingerprint density at radius 1 is 1.50 bits per heavy atom. The molecule has 86 valence electrons. The Morgan fingerprint density at radius 2 is 2.00 bits per heavy atom. The van der Waals surface area contributed by atoms with E-state index in [9.17, 15) is 4.79 Å². The number of nitriles is 1. The lowest BCUT2D eigenvalue weighted by Crippen LogP contribution is -2.26. The van der Waals surface area contributed by atoms with Gasteiger partial charge in [0.15, 0.2) is 0 Å². The van der Waals surface area contributed by atoms with Crippen molar-refractivity contribution in [2.45, 2.75) is 0 Å². The molecular weight excluding hydrogens is 222 g/mol. The van der Waals surface area contributed by atoms with Crippen LogP contribution < -0.4 is 5.73 Å². The molecule has 1 amide bonds. The van der Waals surface area contributed by atoms with E-state index in [1.165, 1.54) is 11.8 Å². The second kappa shape index (κ2) is 7.60. The van der Waals surface area contributed by atoms with E-state index < -0.39 is 5.91 Å². The highest BCUT2D eigenvalue weighted by Crippen LogP contribution is 2.21. The van der Waals surface area contributed by atoms with Crippen LogP contribution in [0.25, 0.3) is 0 Å². The topological polar surface area (TPSA) is 70.1 Å². The zero-order chi connectivity index (χ0) is 12.6. The highest BCUT2D eigenvalue weighted by atomic mass is 32.2. The number of primary amides is 1. The fourth-order valence-corrected chi connectivity index (χ4v) is 1.91. The van der Waals surface area contributed by atoms with E-state index in [2.05, 4.69) is 13.2 Å². The monoisotopic (exact) mass is 237 g/mol. The number of thioether (sulfide) groups is 1. The molecule has 0 bridgehead atoms. The minimum Gasteiger partial charge on any atom is -0.365 e. The summed E-state index contributed by atoms with van der Waals surface area (Å²) in [4.78, 5) is 12.9. The fraction of sp³-hybridized carbons (Fsp3) is 0.273. The van der Waals surface area contributed by atoms with E-state index in [1.807, 2.05) is 11.0 Å². The van der Waals surface area contributed by atoms with Crippen molar-refractivity contribution in [2.75, 3.05) is 19.3 Å². The molecule has 0 saturated heterocycles. The molecule has 0 aromatic carbocycles. The van der Waals surface area contributed by atoms with Crippen molar-refractivity contribution in [3.8, 4) is 6.07 Å². The molecule has 0 unspecified atom stereocenters. The SMILES string of the molecule is C=CCN(CC=C)C(SC)=C(C#N)C(N)=O. The largest absolute Gasteiger partial charge is 0.365 e. The standard InChI is InChI=1S/C11H15N3OS/c1-4-6-14(7-5-2)11(16-3)9(8-12)10(13)15/h4-5H,1-2,6-7H2,3H3,(H2,13,15). The van der Waals surface area contributed by atoms with Crippen LogP contribution in [-0.4, -0.2) is 30.2 Å². The molecule has 0 aliphatic carbocycles. The Morgan fingerprint density at radius 3 is 2.25 bits per heavy atom. The number of amides is 1. The van der Waals surface area contributed by atoms with Gasteiger partial charge in [-0.15, -0.1) is 24.9 Å². The van der Waals surface area contributed by atoms with Gasteiger partial charge in [0.1, 0.15) is 11.6 Å². The lowest BCUT2D eigenvalue weighted by atomic mass is 10.3. The predicted molar refractivity (Wildman–Crippen MR) is 67.3 cm³/mol. The van der Waals surface area contributed by atoms with E-state index in [-0.39, 0.29) is 5.57 Å². The highest BCUT2D eigenvalue weighted by Gasteiger charge is 2.16. The molecule has 0 spiro atoms. The summed E-state index contributed by atoms with van der Waals surface area (Å²) in [5.74, 6) is -0.718. The second-order valence-corrected chi connectivity index (χ2v) is 3.64. The number of carbonyl (C=O) groups is 1. The molecule has 0 radical (unpaired) electrons. The number of rotatable bonds is 7. The van der Waals surface area contributed by atoms with Gasteiger partial charge >= 0.3 is 0 Å². The maximum Gasteiger partial charge on any atom is 0.262 e. The van der Waals surface area contributed by atoms with Gasteiger partial charge in [-0.2, -0.15) is 5.26 Å². The molecule has 0 aliphatic rings. The summed E-state index contributed by atoms with van der Waals surface area (Å²) in [6, 6.07) is 1.82. The van der Waals surface area contributed by atoms with Crippen LogP contribution in [-0.2, 0) is 4.79 Å². The maximum absolute atomic E-state index is 11.1. The predicted octanol–water partition coefficient (Wildman–Crippen LogP) is 1.24. The first-order chi connectivity index (χ1) is 7.62. The maximum atomic E-state index is 11.1. The molecule has 0 heterocycles. The van der Waals surface area contributed by atoms with Crippen molar-refractivity contribution < 1.29 is 4.79 Å². The third-order valence-electron chi connectivity index (χ3n) is 1.75. The smallest absolute Gasteiger partial charge is 0.262 e. The van der Waals surface area contributed by atoms with Crippen molar-refractivity contribution in [3.05, 3.63) is 35.9 Å². The van der Waals surface area contributed by atoms with E-state index >= 15 is 0 Å². The van der Waals surface area contributed by atoms with E-state index in [4.69, 9.17) is 11.0 Å². The molecule has 0 rings (SSSR count). The molecule has 5 heteroatoms. The normalized spacial score (nSPS) is 11.0. The molecule has 0 aromatic heterocycles. The third-order valence-corrected chi connectivity index (χ3v) is 2.60. The molecule has 0 aliphatic heterocycles. The Bertz CT molecular complexity index is 345. The van der Waals surface area contributed by atoms with E-state index in [0.717, 1.165) is 0 Å². The second-order valence-electron chi connectivity index (χ2n) is 2.84. The zero-order valence-corrected chi connectivity index (χ0v) is 10.1. The summed E-state index contributed by atoms with van der Waals surface area (Å²) in [6.45, 7) is 8.30. The molecule has 4 nitrogen and oxygen atoms in total. The number of nitrogens with zero attached hydrogens (tertiary/aromatic N) is 2. The van der Waals surface area contributed by atoms with Crippen molar-refractivity contribution in [1.82, 2.24) is 4.90 Å². The minimum atomic E-state index is -0.718. The van der Waals surface area contributed by atoms with Gasteiger partial charge in [0.2, 0.25) is 0 Å². The number of hydrogen-bond donors (Lipinski definition) is 1. The highest BCUT2D eigenvalue weighted by molar-refractivity contribution is 8.02. The van der Waals surface area contributed by atoms with Crippen LogP contribution in [0.3, 0.4) is 0 Å². The molecular formula is C11H15N3OS. The van der Waals surface area contributed by atoms with Gasteiger partial charge in [0.05, 0.1) is 5.03 Å². The van der Waals surface area contributed by atoms with Crippen molar-refractivity contribution in [2.24, 2.45) is 5.73 Å². The number of carbonyl (C=O) groups excluding carboxylic acids is 1. The van der Waals surface area contributed by atoms with Gasteiger partial charge in [0.25, 0.3) is 5.91 Å². The third kappa shape index (κ3) is 3.83. The van der Waals surface area contributed by atoms with Crippen LogP contribution in [0.2, 0.25) is 0 Å². The van der Waals surface area contributed by atoms with Gasteiger partial charge in [0, 0.05) is 13.1 Å². The van der Waals surface area contributed by atoms with Gasteiger partial charge < -0.3 is 10.6 Å². The summed E-state index contributed by atoms with van der Waals surface area (Å²) >= 11 is 1.31. The lowest BCUT2D eigenvalue weighted by Gasteiger charge is -2.23. The molecule has 0 atom stereocenters. The Balaban J connectivity index is 5.33. The molecule has 0 fully saturated rings.